The zero-order valence-corrected chi connectivity index (χ0v) is 14.3. The summed E-state index contributed by atoms with van der Waals surface area (Å²) in [5.74, 6) is 0.854. The Morgan fingerprint density at radius 1 is 1.14 bits per heavy atom. The number of nitrogens with zero attached hydrogens (tertiary/aromatic N) is 2. The highest BCUT2D eigenvalue weighted by Gasteiger charge is 2.00. The fraction of sp³-hybridized carbons (Fsp3) is 0.353. The van der Waals surface area contributed by atoms with Crippen LogP contribution in [0.15, 0.2) is 46.8 Å². The molecule has 0 aliphatic rings. The zero-order chi connectivity index (χ0) is 15.8. The molecule has 2 N–H and O–H groups in total. The minimum Gasteiger partial charge on any atom is -0.378 e. The van der Waals surface area contributed by atoms with Gasteiger partial charge in [0.25, 0.3) is 0 Å². The lowest BCUT2D eigenvalue weighted by atomic mass is 10.2. The minimum absolute atomic E-state index is 0.674. The van der Waals surface area contributed by atoms with Crippen molar-refractivity contribution < 1.29 is 0 Å². The molecule has 0 saturated heterocycles. The highest BCUT2D eigenvalue weighted by atomic mass is 32.1. The maximum Gasteiger partial charge on any atom is 0.191 e. The van der Waals surface area contributed by atoms with Crippen molar-refractivity contribution in [1.29, 1.82) is 0 Å². The third-order valence-corrected chi connectivity index (χ3v) is 4.10. The molecule has 2 rings (SSSR count). The Hall–Kier alpha value is -2.01. The van der Waals surface area contributed by atoms with Crippen LogP contribution in [0.3, 0.4) is 0 Å². The largest absolute Gasteiger partial charge is 0.378 e. The molecule has 0 atom stereocenters. The Kier molecular flexibility index (Phi) is 6.27. The van der Waals surface area contributed by atoms with Gasteiger partial charge in [-0.1, -0.05) is 18.2 Å². The Labute approximate surface area is 136 Å². The monoisotopic (exact) mass is 316 g/mol. The molecule has 0 fully saturated rings. The Morgan fingerprint density at radius 3 is 2.50 bits per heavy atom. The van der Waals surface area contributed by atoms with Crippen LogP contribution in [0.4, 0.5) is 5.69 Å². The molecule has 1 heterocycles. The molecule has 5 heteroatoms. The van der Waals surface area contributed by atoms with Crippen molar-refractivity contribution in [1.82, 2.24) is 10.6 Å². The number of hydrogen-bond acceptors (Lipinski definition) is 3. The van der Waals surface area contributed by atoms with Gasteiger partial charge in [0.15, 0.2) is 5.96 Å². The summed E-state index contributed by atoms with van der Waals surface area (Å²) < 4.78 is 0. The number of benzene rings is 1. The van der Waals surface area contributed by atoms with Crippen LogP contribution in [0.1, 0.15) is 17.4 Å². The zero-order valence-electron chi connectivity index (χ0n) is 13.5. The van der Waals surface area contributed by atoms with Crippen LogP contribution in [-0.2, 0) is 13.1 Å². The van der Waals surface area contributed by atoms with Crippen molar-refractivity contribution in [3.8, 4) is 0 Å². The Morgan fingerprint density at radius 2 is 1.91 bits per heavy atom. The smallest absolute Gasteiger partial charge is 0.191 e. The second-order valence-corrected chi connectivity index (χ2v) is 6.22. The molecule has 118 valence electrons. The third-order valence-electron chi connectivity index (χ3n) is 3.23. The average molecular weight is 316 g/mol. The van der Waals surface area contributed by atoms with Gasteiger partial charge in [-0.3, -0.25) is 0 Å². The maximum atomic E-state index is 4.64. The number of rotatable bonds is 6. The maximum absolute atomic E-state index is 4.64. The van der Waals surface area contributed by atoms with Gasteiger partial charge < -0.3 is 15.5 Å². The molecule has 0 bridgehead atoms. The van der Waals surface area contributed by atoms with Crippen LogP contribution >= 0.6 is 11.3 Å². The first kappa shape index (κ1) is 16.4. The van der Waals surface area contributed by atoms with Crippen molar-refractivity contribution in [2.75, 3.05) is 25.5 Å². The molecule has 0 radical (unpaired) electrons. The predicted octanol–water partition coefficient (Wildman–Crippen LogP) is 3.07. The molecule has 0 aliphatic carbocycles. The number of anilines is 1. The van der Waals surface area contributed by atoms with E-state index in [1.807, 2.05) is 14.1 Å². The normalized spacial score (nSPS) is 11.3. The highest BCUT2D eigenvalue weighted by molar-refractivity contribution is 7.09. The summed E-state index contributed by atoms with van der Waals surface area (Å²) in [6.07, 6.45) is 0. The van der Waals surface area contributed by atoms with E-state index in [4.69, 9.17) is 0 Å². The second kappa shape index (κ2) is 8.44. The molecule has 2 aromatic rings. The first-order valence-corrected chi connectivity index (χ1v) is 8.38. The molecule has 1 aromatic heterocycles. The van der Waals surface area contributed by atoms with E-state index in [1.165, 1.54) is 16.1 Å². The SMILES string of the molecule is CCNC(=NCc1ccc(N(C)C)cc1)NCc1cccs1. The fourth-order valence-corrected chi connectivity index (χ4v) is 2.64. The van der Waals surface area contributed by atoms with Crippen LogP contribution in [0, 0.1) is 0 Å². The van der Waals surface area contributed by atoms with Gasteiger partial charge in [-0.25, -0.2) is 4.99 Å². The van der Waals surface area contributed by atoms with Gasteiger partial charge in [0.2, 0.25) is 0 Å². The second-order valence-electron chi connectivity index (χ2n) is 5.19. The summed E-state index contributed by atoms with van der Waals surface area (Å²) >= 11 is 1.75. The average Bonchev–Trinajstić information content (AvgIpc) is 3.04. The van der Waals surface area contributed by atoms with E-state index in [2.05, 4.69) is 69.2 Å². The van der Waals surface area contributed by atoms with E-state index in [9.17, 15) is 0 Å². The van der Waals surface area contributed by atoms with Gasteiger partial charge in [-0.2, -0.15) is 0 Å². The standard InChI is InChI=1S/C17H24N4S/c1-4-18-17(20-13-16-6-5-11-22-16)19-12-14-7-9-15(10-8-14)21(2)3/h5-11H,4,12-13H2,1-3H3,(H2,18,19,20). The van der Waals surface area contributed by atoms with Crippen LogP contribution in [0.2, 0.25) is 0 Å². The third kappa shape index (κ3) is 5.07. The molecule has 0 unspecified atom stereocenters. The number of hydrogen-bond donors (Lipinski definition) is 2. The first-order chi connectivity index (χ1) is 10.7. The summed E-state index contributed by atoms with van der Waals surface area (Å²) in [5.41, 5.74) is 2.41. The summed E-state index contributed by atoms with van der Waals surface area (Å²) in [7, 11) is 4.09. The van der Waals surface area contributed by atoms with Crippen molar-refractivity contribution in [2.24, 2.45) is 4.99 Å². The number of thiophene rings is 1. The van der Waals surface area contributed by atoms with Crippen molar-refractivity contribution in [3.05, 3.63) is 52.2 Å². The minimum atomic E-state index is 0.674. The topological polar surface area (TPSA) is 39.7 Å². The van der Waals surface area contributed by atoms with E-state index in [0.717, 1.165) is 19.0 Å². The van der Waals surface area contributed by atoms with Crippen molar-refractivity contribution in [2.45, 2.75) is 20.0 Å². The van der Waals surface area contributed by atoms with Gasteiger partial charge >= 0.3 is 0 Å². The number of guanidine groups is 1. The molecule has 22 heavy (non-hydrogen) atoms. The molecule has 1 aromatic carbocycles. The highest BCUT2D eigenvalue weighted by Crippen LogP contribution is 2.12. The van der Waals surface area contributed by atoms with Gasteiger partial charge in [-0.15, -0.1) is 11.3 Å². The van der Waals surface area contributed by atoms with E-state index in [0.29, 0.717) is 6.54 Å². The summed E-state index contributed by atoms with van der Waals surface area (Å²) in [6.45, 7) is 4.42. The molecule has 0 spiro atoms. The van der Waals surface area contributed by atoms with Crippen LogP contribution in [0.25, 0.3) is 0 Å². The van der Waals surface area contributed by atoms with E-state index in [1.54, 1.807) is 11.3 Å². The molecular weight excluding hydrogens is 292 g/mol. The number of nitrogens with one attached hydrogen (secondary N) is 2. The van der Waals surface area contributed by atoms with Crippen molar-refractivity contribution >= 4 is 23.0 Å². The summed E-state index contributed by atoms with van der Waals surface area (Å²) in [4.78, 5) is 8.05. The van der Waals surface area contributed by atoms with Crippen molar-refractivity contribution in [3.63, 3.8) is 0 Å². The van der Waals surface area contributed by atoms with Gasteiger partial charge in [0, 0.05) is 31.2 Å². The summed E-state index contributed by atoms with van der Waals surface area (Å²) in [5, 5.41) is 8.73. The molecule has 0 saturated carbocycles. The van der Waals surface area contributed by atoms with E-state index in [-0.39, 0.29) is 0 Å². The van der Waals surface area contributed by atoms with Crippen LogP contribution in [0.5, 0.6) is 0 Å². The van der Waals surface area contributed by atoms with Gasteiger partial charge in [0.1, 0.15) is 0 Å². The number of aliphatic imine (C=N–C) groups is 1. The quantitative estimate of drug-likeness (QED) is 0.635. The Bertz CT molecular complexity index is 573. The first-order valence-electron chi connectivity index (χ1n) is 7.50. The van der Waals surface area contributed by atoms with Crippen LogP contribution < -0.4 is 15.5 Å². The molecule has 0 aliphatic heterocycles. The van der Waals surface area contributed by atoms with Crippen LogP contribution in [-0.4, -0.2) is 26.6 Å². The lowest BCUT2D eigenvalue weighted by molar-refractivity contribution is 0.823. The molecule has 0 amide bonds. The summed E-state index contributed by atoms with van der Waals surface area (Å²) in [6, 6.07) is 12.7. The molecule has 4 nitrogen and oxygen atoms in total. The predicted molar refractivity (Wildman–Crippen MR) is 96.7 cm³/mol. The fourth-order valence-electron chi connectivity index (χ4n) is 2.00. The van der Waals surface area contributed by atoms with E-state index >= 15 is 0 Å². The lowest BCUT2D eigenvalue weighted by Gasteiger charge is -2.13. The van der Waals surface area contributed by atoms with E-state index < -0.39 is 0 Å². The van der Waals surface area contributed by atoms with Gasteiger partial charge in [0.05, 0.1) is 13.1 Å². The lowest BCUT2D eigenvalue weighted by Crippen LogP contribution is -2.36. The Balaban J connectivity index is 1.93. The molecular formula is C17H24N4S. The van der Waals surface area contributed by atoms with Gasteiger partial charge in [-0.05, 0) is 36.1 Å².